The molecule has 0 aromatic rings. The van der Waals surface area contributed by atoms with E-state index >= 15 is 0 Å². The molecule has 4 aliphatic carbocycles. The van der Waals surface area contributed by atoms with Crippen LogP contribution >= 0.6 is 0 Å². The highest BCUT2D eigenvalue weighted by Gasteiger charge is 2.72. The molecule has 4 saturated carbocycles. The first-order valence-corrected chi connectivity index (χ1v) is 15.0. The smallest absolute Gasteiger partial charge is 0.419 e. The fourth-order valence-corrected chi connectivity index (χ4v) is 7.95. The quantitative estimate of drug-likeness (QED) is 0.208. The Bertz CT molecular complexity index is 1110. The first-order chi connectivity index (χ1) is 19.1. The lowest BCUT2D eigenvalue weighted by atomic mass is 9.37. The van der Waals surface area contributed by atoms with Crippen molar-refractivity contribution in [2.45, 2.75) is 154 Å². The SMILES string of the molecule is C=C(C)C(=O)OCC(=O)OC12CC3CC(C(C)(C)OC(C)C(C)(C)O)(C1)CC(C(C)(C)OC(C)C(C)(O)C(F)(F)F)(C3)C2. The average molecular weight is 621 g/mol. The summed E-state index contributed by atoms with van der Waals surface area (Å²) in [5.74, 6) is -1.41. The van der Waals surface area contributed by atoms with Crippen molar-refractivity contribution in [1.82, 2.24) is 0 Å². The molecule has 7 atom stereocenters. The third kappa shape index (κ3) is 6.65. The van der Waals surface area contributed by atoms with Crippen LogP contribution in [0.15, 0.2) is 12.2 Å². The van der Waals surface area contributed by atoms with Gasteiger partial charge >= 0.3 is 18.1 Å². The van der Waals surface area contributed by atoms with Crippen LogP contribution in [0, 0.1) is 16.7 Å². The maximum Gasteiger partial charge on any atom is 0.419 e. The molecule has 248 valence electrons. The molecular formula is C32H51F3O8. The van der Waals surface area contributed by atoms with Crippen LogP contribution < -0.4 is 0 Å². The van der Waals surface area contributed by atoms with Crippen molar-refractivity contribution in [3.8, 4) is 0 Å². The van der Waals surface area contributed by atoms with E-state index in [-0.39, 0.29) is 11.5 Å². The van der Waals surface area contributed by atoms with Gasteiger partial charge in [-0.3, -0.25) is 0 Å². The Morgan fingerprint density at radius 1 is 0.860 bits per heavy atom. The zero-order valence-electron chi connectivity index (χ0n) is 27.4. The fourth-order valence-electron chi connectivity index (χ4n) is 7.95. The molecule has 4 rings (SSSR count). The highest BCUT2D eigenvalue weighted by Crippen LogP contribution is 2.73. The summed E-state index contributed by atoms with van der Waals surface area (Å²) in [6, 6.07) is 0. The molecule has 2 N–H and O–H groups in total. The second-order valence-corrected chi connectivity index (χ2v) is 15.4. The zero-order chi connectivity index (χ0) is 33.2. The van der Waals surface area contributed by atoms with Crippen LogP contribution in [0.3, 0.4) is 0 Å². The topological polar surface area (TPSA) is 112 Å². The molecule has 7 unspecified atom stereocenters. The van der Waals surface area contributed by atoms with Gasteiger partial charge in [-0.1, -0.05) is 6.58 Å². The molecular weight excluding hydrogens is 569 g/mol. The van der Waals surface area contributed by atoms with Crippen molar-refractivity contribution in [2.24, 2.45) is 16.7 Å². The van der Waals surface area contributed by atoms with Crippen molar-refractivity contribution in [1.29, 1.82) is 0 Å². The highest BCUT2D eigenvalue weighted by atomic mass is 19.4. The summed E-state index contributed by atoms with van der Waals surface area (Å²) in [5.41, 5.74) is -8.49. The van der Waals surface area contributed by atoms with Crippen LogP contribution in [0.2, 0.25) is 0 Å². The minimum Gasteiger partial charge on any atom is -0.456 e. The zero-order valence-corrected chi connectivity index (χ0v) is 27.4. The Morgan fingerprint density at radius 3 is 1.74 bits per heavy atom. The Balaban J connectivity index is 2.05. The summed E-state index contributed by atoms with van der Waals surface area (Å²) in [6.07, 6.45) is -3.89. The van der Waals surface area contributed by atoms with E-state index in [2.05, 4.69) is 6.58 Å². The molecule has 0 radical (unpaired) electrons. The number of carbonyl (C=O) groups is 2. The number of rotatable bonds is 12. The molecule has 0 aliphatic heterocycles. The largest absolute Gasteiger partial charge is 0.456 e. The van der Waals surface area contributed by atoms with E-state index in [9.17, 15) is 33.0 Å². The number of hydrogen-bond donors (Lipinski definition) is 2. The maximum absolute atomic E-state index is 13.8. The van der Waals surface area contributed by atoms with Crippen LogP contribution in [-0.2, 0) is 28.5 Å². The molecule has 8 nitrogen and oxygen atoms in total. The van der Waals surface area contributed by atoms with E-state index in [1.807, 2.05) is 13.8 Å². The van der Waals surface area contributed by atoms with E-state index in [1.54, 1.807) is 34.6 Å². The van der Waals surface area contributed by atoms with Crippen molar-refractivity contribution in [3.63, 3.8) is 0 Å². The summed E-state index contributed by atoms with van der Waals surface area (Å²) in [6.45, 7) is 18.8. The summed E-state index contributed by atoms with van der Waals surface area (Å²) in [7, 11) is 0. The Morgan fingerprint density at radius 2 is 1.33 bits per heavy atom. The number of halogens is 3. The lowest BCUT2D eigenvalue weighted by Crippen LogP contribution is -2.71. The van der Waals surface area contributed by atoms with Gasteiger partial charge in [-0.2, -0.15) is 13.2 Å². The predicted octanol–water partition coefficient (Wildman–Crippen LogP) is 5.81. The number of carbonyl (C=O) groups excluding carboxylic acids is 2. The summed E-state index contributed by atoms with van der Waals surface area (Å²) < 4.78 is 65.3. The van der Waals surface area contributed by atoms with Crippen LogP contribution in [0.1, 0.15) is 108 Å². The normalized spacial score (nSPS) is 32.1. The average Bonchev–Trinajstić information content (AvgIpc) is 2.79. The van der Waals surface area contributed by atoms with Crippen LogP contribution in [0.5, 0.6) is 0 Å². The lowest BCUT2D eigenvalue weighted by molar-refractivity contribution is -0.334. The molecule has 0 aromatic carbocycles. The molecule has 43 heavy (non-hydrogen) atoms. The first-order valence-electron chi connectivity index (χ1n) is 15.0. The molecule has 11 heteroatoms. The van der Waals surface area contributed by atoms with Gasteiger partial charge in [-0.15, -0.1) is 0 Å². The fraction of sp³-hybridized carbons (Fsp3) is 0.875. The van der Waals surface area contributed by atoms with E-state index in [1.165, 1.54) is 13.8 Å². The van der Waals surface area contributed by atoms with Crippen molar-refractivity contribution in [2.75, 3.05) is 6.61 Å². The number of ether oxygens (including phenoxy) is 4. The second kappa shape index (κ2) is 11.0. The Kier molecular flexibility index (Phi) is 9.14. The number of esters is 2. The van der Waals surface area contributed by atoms with E-state index in [0.717, 1.165) is 6.42 Å². The third-order valence-electron chi connectivity index (χ3n) is 10.9. The second-order valence-electron chi connectivity index (χ2n) is 15.4. The minimum absolute atomic E-state index is 0.0312. The van der Waals surface area contributed by atoms with Gasteiger partial charge in [0, 0.05) is 16.4 Å². The number of hydrogen-bond acceptors (Lipinski definition) is 8. The van der Waals surface area contributed by atoms with Gasteiger partial charge in [0.2, 0.25) is 0 Å². The van der Waals surface area contributed by atoms with Crippen LogP contribution in [-0.4, -0.2) is 75.1 Å². The van der Waals surface area contributed by atoms with Crippen molar-refractivity contribution in [3.05, 3.63) is 12.2 Å². The first kappa shape index (κ1) is 35.8. The predicted molar refractivity (Wildman–Crippen MR) is 153 cm³/mol. The van der Waals surface area contributed by atoms with Crippen molar-refractivity contribution < 1.29 is 51.9 Å². The molecule has 0 saturated heterocycles. The Labute approximate surface area is 253 Å². The van der Waals surface area contributed by atoms with Gasteiger partial charge in [0.05, 0.1) is 29.0 Å². The Hall–Kier alpha value is -1.69. The standard InChI is InChI=1S/C32H51F3O8/c1-19(2)24(37)40-15-23(36)43-31-14-22-12-29(17-31,26(7,8)41-20(3)25(5,6)38)16-30(13-22,18-31)27(9,10)42-21(4)28(11,39)32(33,34)35/h20-22,38-39H,1,12-18H2,2-11H3. The van der Waals surface area contributed by atoms with Gasteiger partial charge in [0.1, 0.15) is 5.60 Å². The number of alkyl halides is 3. The van der Waals surface area contributed by atoms with E-state index in [0.29, 0.717) is 39.0 Å². The monoisotopic (exact) mass is 620 g/mol. The van der Waals surface area contributed by atoms with E-state index in [4.69, 9.17) is 18.9 Å². The van der Waals surface area contributed by atoms with Crippen LogP contribution in [0.4, 0.5) is 13.2 Å². The molecule has 0 amide bonds. The summed E-state index contributed by atoms with van der Waals surface area (Å²) >= 11 is 0. The molecule has 4 bridgehead atoms. The minimum atomic E-state index is -4.91. The van der Waals surface area contributed by atoms with Gasteiger partial charge < -0.3 is 29.2 Å². The van der Waals surface area contributed by atoms with Crippen molar-refractivity contribution >= 4 is 11.9 Å². The molecule has 4 fully saturated rings. The third-order valence-corrected chi connectivity index (χ3v) is 10.9. The highest BCUT2D eigenvalue weighted by molar-refractivity contribution is 5.88. The number of aliphatic hydroxyl groups is 2. The summed E-state index contributed by atoms with van der Waals surface area (Å²) in [4.78, 5) is 25.0. The van der Waals surface area contributed by atoms with E-state index < -0.39 is 75.8 Å². The lowest BCUT2D eigenvalue weighted by Gasteiger charge is -2.72. The molecule has 0 spiro atoms. The van der Waals surface area contributed by atoms with Gasteiger partial charge in [-0.25, -0.2) is 9.59 Å². The maximum atomic E-state index is 13.8. The molecule has 0 heterocycles. The van der Waals surface area contributed by atoms with Gasteiger partial charge in [0.15, 0.2) is 12.2 Å². The summed E-state index contributed by atoms with van der Waals surface area (Å²) in [5, 5.41) is 21.1. The van der Waals surface area contributed by atoms with Gasteiger partial charge in [-0.05, 0) is 114 Å². The van der Waals surface area contributed by atoms with Gasteiger partial charge in [0.25, 0.3) is 0 Å². The molecule has 4 aliphatic rings. The van der Waals surface area contributed by atoms with Crippen LogP contribution in [0.25, 0.3) is 0 Å². The molecule has 0 aromatic heterocycles.